The van der Waals surface area contributed by atoms with Crippen molar-refractivity contribution in [3.8, 4) is 0 Å². The van der Waals surface area contributed by atoms with Gasteiger partial charge >= 0.3 is 6.03 Å². The van der Waals surface area contributed by atoms with Crippen molar-refractivity contribution in [3.63, 3.8) is 0 Å². The van der Waals surface area contributed by atoms with Crippen molar-refractivity contribution in [2.75, 3.05) is 10.2 Å². The van der Waals surface area contributed by atoms with Gasteiger partial charge < -0.3 is 15.5 Å². The molecular weight excluding hydrogens is 442 g/mol. The lowest BCUT2D eigenvalue weighted by atomic mass is 10.1. The topological polar surface area (TPSA) is 61.4 Å². The maximum Gasteiger partial charge on any atom is 0.319 e. The molecule has 0 saturated carbocycles. The van der Waals surface area contributed by atoms with Gasteiger partial charge in [-0.2, -0.15) is 0 Å². The first kappa shape index (κ1) is 20.2. The van der Waals surface area contributed by atoms with Crippen LogP contribution in [-0.2, 0) is 13.0 Å². The number of halogens is 1. The fourth-order valence-corrected chi connectivity index (χ4v) is 3.95. The van der Waals surface area contributed by atoms with Crippen molar-refractivity contribution in [2.24, 2.45) is 0 Å². The van der Waals surface area contributed by atoms with Crippen molar-refractivity contribution in [1.82, 2.24) is 5.32 Å². The summed E-state index contributed by atoms with van der Waals surface area (Å²) in [6, 6.07) is 22.6. The number of nitrogens with zero attached hydrogens (tertiary/aromatic N) is 1. The van der Waals surface area contributed by atoms with Crippen LogP contribution in [0.25, 0.3) is 0 Å². The molecule has 0 unspecified atom stereocenters. The molecule has 0 bridgehead atoms. The lowest BCUT2D eigenvalue weighted by Gasteiger charge is -2.23. The van der Waals surface area contributed by atoms with E-state index in [0.29, 0.717) is 12.1 Å². The Morgan fingerprint density at radius 1 is 1.03 bits per heavy atom. The van der Waals surface area contributed by atoms with Gasteiger partial charge in [0.1, 0.15) is 0 Å². The van der Waals surface area contributed by atoms with E-state index in [1.807, 2.05) is 77.7 Å². The van der Waals surface area contributed by atoms with Gasteiger partial charge in [-0.3, -0.25) is 4.79 Å². The van der Waals surface area contributed by atoms with Crippen molar-refractivity contribution < 1.29 is 9.59 Å². The van der Waals surface area contributed by atoms with E-state index in [-0.39, 0.29) is 18.0 Å². The molecule has 6 heteroatoms. The third-order valence-electron chi connectivity index (χ3n) is 5.16. The molecule has 1 aliphatic heterocycles. The van der Waals surface area contributed by atoms with E-state index in [2.05, 4.69) is 33.5 Å². The third kappa shape index (κ3) is 4.39. The summed E-state index contributed by atoms with van der Waals surface area (Å²) in [5.41, 5.74) is 4.41. The third-order valence-corrected chi connectivity index (χ3v) is 5.69. The van der Waals surface area contributed by atoms with E-state index in [0.717, 1.165) is 33.4 Å². The second kappa shape index (κ2) is 8.71. The van der Waals surface area contributed by atoms with Crippen LogP contribution in [0.1, 0.15) is 28.4 Å². The van der Waals surface area contributed by atoms with Gasteiger partial charge in [-0.1, -0.05) is 46.3 Å². The van der Waals surface area contributed by atoms with E-state index >= 15 is 0 Å². The molecule has 5 nitrogen and oxygen atoms in total. The van der Waals surface area contributed by atoms with Crippen LogP contribution in [0, 0.1) is 0 Å². The highest BCUT2D eigenvalue weighted by atomic mass is 79.9. The monoisotopic (exact) mass is 463 g/mol. The lowest BCUT2D eigenvalue weighted by Crippen LogP contribution is -2.35. The van der Waals surface area contributed by atoms with Crippen molar-refractivity contribution in [3.05, 3.63) is 94.0 Å². The number of carbonyl (C=O) groups excluding carboxylic acids is 2. The molecule has 3 aromatic rings. The highest BCUT2D eigenvalue weighted by molar-refractivity contribution is 9.10. The Hall–Kier alpha value is -3.12. The normalized spacial score (nSPS) is 14.9. The SMILES string of the molecule is C[C@@H]1Cc2ccc(CNC(=O)Nc3ccc(Br)cc3)cc2N1C(=O)c1ccccc1. The van der Waals surface area contributed by atoms with Gasteiger partial charge in [0.15, 0.2) is 0 Å². The summed E-state index contributed by atoms with van der Waals surface area (Å²) in [5, 5.41) is 5.69. The Morgan fingerprint density at radius 3 is 2.50 bits per heavy atom. The van der Waals surface area contributed by atoms with Gasteiger partial charge in [-0.15, -0.1) is 0 Å². The van der Waals surface area contributed by atoms with Crippen LogP contribution in [0.3, 0.4) is 0 Å². The summed E-state index contributed by atoms with van der Waals surface area (Å²) >= 11 is 3.38. The molecule has 0 aliphatic carbocycles. The summed E-state index contributed by atoms with van der Waals surface area (Å²) in [5.74, 6) is -0.0000550. The van der Waals surface area contributed by atoms with Gasteiger partial charge in [0, 0.05) is 34.0 Å². The van der Waals surface area contributed by atoms with Crippen LogP contribution in [0.4, 0.5) is 16.2 Å². The molecular formula is C24H22BrN3O2. The van der Waals surface area contributed by atoms with Gasteiger partial charge in [0.2, 0.25) is 0 Å². The number of fused-ring (bicyclic) bond motifs is 1. The fourth-order valence-electron chi connectivity index (χ4n) is 3.68. The molecule has 2 N–H and O–H groups in total. The van der Waals surface area contributed by atoms with Crippen molar-refractivity contribution in [2.45, 2.75) is 25.9 Å². The number of hydrogen-bond acceptors (Lipinski definition) is 2. The van der Waals surface area contributed by atoms with Crippen LogP contribution in [-0.4, -0.2) is 18.0 Å². The number of rotatable bonds is 4. The minimum atomic E-state index is -0.275. The summed E-state index contributed by atoms with van der Waals surface area (Å²) in [6.45, 7) is 2.43. The van der Waals surface area contributed by atoms with Crippen LogP contribution in [0.15, 0.2) is 77.3 Å². The zero-order valence-electron chi connectivity index (χ0n) is 16.6. The molecule has 1 heterocycles. The quantitative estimate of drug-likeness (QED) is 0.546. The molecule has 3 aromatic carbocycles. The molecule has 0 saturated heterocycles. The predicted octanol–water partition coefficient (Wildman–Crippen LogP) is 5.36. The van der Waals surface area contributed by atoms with Crippen LogP contribution in [0.2, 0.25) is 0 Å². The highest BCUT2D eigenvalue weighted by Crippen LogP contribution is 2.34. The van der Waals surface area contributed by atoms with Crippen LogP contribution in [0.5, 0.6) is 0 Å². The smallest absolute Gasteiger partial charge is 0.319 e. The maximum absolute atomic E-state index is 13.1. The van der Waals surface area contributed by atoms with Gasteiger partial charge in [0.25, 0.3) is 5.91 Å². The molecule has 4 rings (SSSR count). The van der Waals surface area contributed by atoms with Crippen molar-refractivity contribution >= 4 is 39.2 Å². The number of amides is 3. The molecule has 0 aromatic heterocycles. The maximum atomic E-state index is 13.1. The number of benzene rings is 3. The first-order valence-corrected chi connectivity index (χ1v) is 10.6. The zero-order chi connectivity index (χ0) is 21.1. The standard InChI is InChI=1S/C24H22BrN3O2/c1-16-13-19-8-7-17(15-26-24(30)27-21-11-9-20(25)10-12-21)14-22(19)28(16)23(29)18-5-3-2-4-6-18/h2-12,14,16H,13,15H2,1H3,(H2,26,27,30)/t16-/m1/s1. The van der Waals surface area contributed by atoms with Gasteiger partial charge in [-0.25, -0.2) is 4.79 Å². The molecule has 3 amide bonds. The number of carbonyl (C=O) groups is 2. The van der Waals surface area contributed by atoms with E-state index in [4.69, 9.17) is 0 Å². The first-order valence-electron chi connectivity index (χ1n) is 9.82. The minimum absolute atomic E-state index is 0.0000550. The van der Waals surface area contributed by atoms with Gasteiger partial charge in [-0.05, 0) is 66.9 Å². The second-order valence-electron chi connectivity index (χ2n) is 7.37. The number of anilines is 2. The summed E-state index contributed by atoms with van der Waals surface area (Å²) < 4.78 is 0.954. The van der Waals surface area contributed by atoms with Crippen molar-refractivity contribution in [1.29, 1.82) is 0 Å². The van der Waals surface area contributed by atoms with E-state index in [9.17, 15) is 9.59 Å². The Bertz CT molecular complexity index is 1070. The molecule has 30 heavy (non-hydrogen) atoms. The summed E-state index contributed by atoms with van der Waals surface area (Å²) in [7, 11) is 0. The average molecular weight is 464 g/mol. The number of nitrogens with one attached hydrogen (secondary N) is 2. The second-order valence-corrected chi connectivity index (χ2v) is 8.29. The fraction of sp³-hybridized carbons (Fsp3) is 0.167. The average Bonchev–Trinajstić information content (AvgIpc) is 3.09. The Balaban J connectivity index is 1.45. The predicted molar refractivity (Wildman–Crippen MR) is 123 cm³/mol. The lowest BCUT2D eigenvalue weighted by molar-refractivity contribution is 0.0981. The van der Waals surface area contributed by atoms with E-state index < -0.39 is 0 Å². The number of urea groups is 1. The van der Waals surface area contributed by atoms with E-state index in [1.165, 1.54) is 0 Å². The first-order chi connectivity index (χ1) is 14.5. The van der Waals surface area contributed by atoms with Gasteiger partial charge in [0.05, 0.1) is 0 Å². The number of hydrogen-bond donors (Lipinski definition) is 2. The highest BCUT2D eigenvalue weighted by Gasteiger charge is 2.31. The Kier molecular flexibility index (Phi) is 5.86. The Morgan fingerprint density at radius 2 is 1.77 bits per heavy atom. The summed E-state index contributed by atoms with van der Waals surface area (Å²) in [4.78, 5) is 27.1. The Labute approximate surface area is 184 Å². The largest absolute Gasteiger partial charge is 0.334 e. The zero-order valence-corrected chi connectivity index (χ0v) is 18.1. The molecule has 1 aliphatic rings. The van der Waals surface area contributed by atoms with E-state index in [1.54, 1.807) is 0 Å². The molecule has 0 spiro atoms. The van der Waals surface area contributed by atoms with Crippen LogP contribution >= 0.6 is 15.9 Å². The summed E-state index contributed by atoms with van der Waals surface area (Å²) in [6.07, 6.45) is 0.825. The minimum Gasteiger partial charge on any atom is -0.334 e. The molecule has 0 fully saturated rings. The molecule has 1 atom stereocenters. The van der Waals surface area contributed by atoms with Crippen LogP contribution < -0.4 is 15.5 Å². The molecule has 152 valence electrons. The molecule has 0 radical (unpaired) electrons.